The van der Waals surface area contributed by atoms with Gasteiger partial charge in [0.15, 0.2) is 0 Å². The van der Waals surface area contributed by atoms with E-state index in [1.165, 1.54) is 16.2 Å². The van der Waals surface area contributed by atoms with E-state index in [0.29, 0.717) is 6.54 Å². The van der Waals surface area contributed by atoms with E-state index in [-0.39, 0.29) is 11.9 Å². The lowest BCUT2D eigenvalue weighted by molar-refractivity contribution is -0.130. The van der Waals surface area contributed by atoms with Gasteiger partial charge in [-0.15, -0.1) is 11.3 Å². The molecule has 4 nitrogen and oxygen atoms in total. The number of carbonyl (C=O) groups is 1. The van der Waals surface area contributed by atoms with Gasteiger partial charge in [0.05, 0.1) is 6.04 Å². The Kier molecular flexibility index (Phi) is 4.92. The number of aliphatic hydroxyl groups excluding tert-OH is 1. The Morgan fingerprint density at radius 1 is 1.62 bits per heavy atom. The summed E-state index contributed by atoms with van der Waals surface area (Å²) in [5, 5.41) is 14.7. The van der Waals surface area contributed by atoms with Gasteiger partial charge in [-0.3, -0.25) is 4.79 Å². The highest BCUT2D eigenvalue weighted by molar-refractivity contribution is 7.10. The number of hydrogen-bond donors (Lipinski definition) is 2. The van der Waals surface area contributed by atoms with Crippen molar-refractivity contribution < 1.29 is 9.90 Å². The number of rotatable bonds is 5. The van der Waals surface area contributed by atoms with Crippen molar-refractivity contribution in [2.75, 3.05) is 20.6 Å². The molecule has 2 N–H and O–H groups in total. The number of thiophene rings is 1. The molecule has 0 aliphatic rings. The van der Waals surface area contributed by atoms with E-state index < -0.39 is 6.10 Å². The van der Waals surface area contributed by atoms with Gasteiger partial charge < -0.3 is 15.3 Å². The summed E-state index contributed by atoms with van der Waals surface area (Å²) in [6, 6.07) is 3.51. The van der Waals surface area contributed by atoms with E-state index in [9.17, 15) is 9.90 Å². The molecule has 0 radical (unpaired) electrons. The first-order chi connectivity index (χ1) is 7.52. The van der Waals surface area contributed by atoms with Gasteiger partial charge >= 0.3 is 0 Å². The van der Waals surface area contributed by atoms with E-state index in [0.717, 1.165) is 4.88 Å². The van der Waals surface area contributed by atoms with Crippen LogP contribution in [0.5, 0.6) is 0 Å². The van der Waals surface area contributed by atoms with Crippen LogP contribution < -0.4 is 5.32 Å². The predicted molar refractivity (Wildman–Crippen MR) is 65.4 cm³/mol. The lowest BCUT2D eigenvalue weighted by Crippen LogP contribution is -2.42. The second-order valence-electron chi connectivity index (χ2n) is 3.89. The summed E-state index contributed by atoms with van der Waals surface area (Å²) in [6.45, 7) is 2.19. The molecule has 0 aliphatic heterocycles. The minimum atomic E-state index is -0.544. The third-order valence-corrected chi connectivity index (χ3v) is 3.27. The number of hydrogen-bond acceptors (Lipinski definition) is 4. The highest BCUT2D eigenvalue weighted by Crippen LogP contribution is 2.17. The lowest BCUT2D eigenvalue weighted by atomic mass is 10.2. The smallest absolute Gasteiger partial charge is 0.238 e. The summed E-state index contributed by atoms with van der Waals surface area (Å²) in [7, 11) is 3.44. The van der Waals surface area contributed by atoms with Gasteiger partial charge in [0.1, 0.15) is 6.10 Å². The zero-order valence-electron chi connectivity index (χ0n) is 9.80. The molecular weight excluding hydrogens is 224 g/mol. The Hall–Kier alpha value is -0.910. The van der Waals surface area contributed by atoms with E-state index >= 15 is 0 Å². The predicted octanol–water partition coefficient (Wildman–Crippen LogP) is 0.848. The van der Waals surface area contributed by atoms with Crippen LogP contribution in [-0.4, -0.2) is 42.6 Å². The Bertz CT molecular complexity index is 325. The number of nitrogens with zero attached hydrogens (tertiary/aromatic N) is 1. The van der Waals surface area contributed by atoms with E-state index in [2.05, 4.69) is 5.32 Å². The molecule has 1 heterocycles. The summed E-state index contributed by atoms with van der Waals surface area (Å²) in [5.41, 5.74) is 0. The van der Waals surface area contributed by atoms with Crippen LogP contribution in [0.3, 0.4) is 0 Å². The van der Waals surface area contributed by atoms with Crippen LogP contribution in [0.2, 0.25) is 0 Å². The van der Waals surface area contributed by atoms with Crippen LogP contribution in [0.25, 0.3) is 0 Å². The Labute approximate surface area is 99.9 Å². The fraction of sp³-hybridized carbons (Fsp3) is 0.545. The molecule has 1 amide bonds. The standard InChI is InChI=1S/C11H18N2O2S/c1-8(11(15)13(2)3)12-7-9(14)10-5-4-6-16-10/h4-6,8-9,12,14H,7H2,1-3H3. The molecule has 90 valence electrons. The highest BCUT2D eigenvalue weighted by Gasteiger charge is 2.16. The second kappa shape index (κ2) is 5.98. The first kappa shape index (κ1) is 13.2. The molecular formula is C11H18N2O2S. The molecule has 0 aliphatic carbocycles. The van der Waals surface area contributed by atoms with Crippen LogP contribution in [0, 0.1) is 0 Å². The van der Waals surface area contributed by atoms with Gasteiger partial charge in [0, 0.05) is 25.5 Å². The number of carbonyl (C=O) groups excluding carboxylic acids is 1. The maximum Gasteiger partial charge on any atom is 0.238 e. The average Bonchev–Trinajstić information content (AvgIpc) is 2.77. The fourth-order valence-corrected chi connectivity index (χ4v) is 2.06. The molecule has 0 spiro atoms. The van der Waals surface area contributed by atoms with Crippen molar-refractivity contribution in [3.63, 3.8) is 0 Å². The minimum absolute atomic E-state index is 0.0124. The van der Waals surface area contributed by atoms with Gasteiger partial charge in [-0.05, 0) is 18.4 Å². The Morgan fingerprint density at radius 2 is 2.31 bits per heavy atom. The van der Waals surface area contributed by atoms with Gasteiger partial charge in [-0.25, -0.2) is 0 Å². The topological polar surface area (TPSA) is 52.6 Å². The zero-order valence-corrected chi connectivity index (χ0v) is 10.6. The normalized spacial score (nSPS) is 14.5. The molecule has 0 saturated carbocycles. The summed E-state index contributed by atoms with van der Waals surface area (Å²) in [5.74, 6) is 0.0124. The summed E-state index contributed by atoms with van der Waals surface area (Å²) in [4.78, 5) is 14.0. The molecule has 1 rings (SSSR count). The van der Waals surface area contributed by atoms with Gasteiger partial charge in [0.25, 0.3) is 0 Å². The number of aliphatic hydroxyl groups is 1. The Morgan fingerprint density at radius 3 is 2.81 bits per heavy atom. The molecule has 0 bridgehead atoms. The molecule has 0 saturated heterocycles. The SMILES string of the molecule is CC(NCC(O)c1cccs1)C(=O)N(C)C. The van der Waals surface area contributed by atoms with Crippen LogP contribution in [0.1, 0.15) is 17.9 Å². The van der Waals surface area contributed by atoms with Crippen LogP contribution in [0.15, 0.2) is 17.5 Å². The number of amides is 1. The number of nitrogens with one attached hydrogen (secondary N) is 1. The first-order valence-electron chi connectivity index (χ1n) is 5.18. The van der Waals surface area contributed by atoms with Crippen LogP contribution in [-0.2, 0) is 4.79 Å². The van der Waals surface area contributed by atoms with Crippen molar-refractivity contribution in [3.8, 4) is 0 Å². The largest absolute Gasteiger partial charge is 0.386 e. The van der Waals surface area contributed by atoms with Crippen LogP contribution >= 0.6 is 11.3 Å². The van der Waals surface area contributed by atoms with Gasteiger partial charge in [0.2, 0.25) is 5.91 Å². The third-order valence-electron chi connectivity index (χ3n) is 2.30. The molecule has 0 aromatic carbocycles. The molecule has 0 fully saturated rings. The van der Waals surface area contributed by atoms with Crippen LogP contribution in [0.4, 0.5) is 0 Å². The van der Waals surface area contributed by atoms with Crippen molar-refractivity contribution in [1.29, 1.82) is 0 Å². The van der Waals surface area contributed by atoms with Crippen molar-refractivity contribution in [2.45, 2.75) is 19.1 Å². The average molecular weight is 242 g/mol. The van der Waals surface area contributed by atoms with Crippen molar-refractivity contribution in [3.05, 3.63) is 22.4 Å². The molecule has 5 heteroatoms. The second-order valence-corrected chi connectivity index (χ2v) is 4.87. The fourth-order valence-electron chi connectivity index (χ4n) is 1.34. The summed E-state index contributed by atoms with van der Waals surface area (Å²) in [6.07, 6.45) is -0.544. The molecule has 2 atom stereocenters. The van der Waals surface area contributed by atoms with Gasteiger partial charge in [-0.1, -0.05) is 6.07 Å². The Balaban J connectivity index is 2.37. The third kappa shape index (κ3) is 3.59. The zero-order chi connectivity index (χ0) is 12.1. The van der Waals surface area contributed by atoms with E-state index in [1.807, 2.05) is 17.5 Å². The maximum absolute atomic E-state index is 11.5. The highest BCUT2D eigenvalue weighted by atomic mass is 32.1. The van der Waals surface area contributed by atoms with E-state index in [1.54, 1.807) is 21.0 Å². The van der Waals surface area contributed by atoms with Gasteiger partial charge in [-0.2, -0.15) is 0 Å². The lowest BCUT2D eigenvalue weighted by Gasteiger charge is -2.19. The number of likely N-dealkylation sites (N-methyl/N-ethyl adjacent to an activating group) is 1. The van der Waals surface area contributed by atoms with Crippen molar-refractivity contribution >= 4 is 17.2 Å². The van der Waals surface area contributed by atoms with Crippen molar-refractivity contribution in [2.24, 2.45) is 0 Å². The summed E-state index contributed by atoms with van der Waals surface area (Å²) < 4.78 is 0. The van der Waals surface area contributed by atoms with E-state index in [4.69, 9.17) is 0 Å². The minimum Gasteiger partial charge on any atom is -0.386 e. The monoisotopic (exact) mass is 242 g/mol. The van der Waals surface area contributed by atoms with Crippen molar-refractivity contribution in [1.82, 2.24) is 10.2 Å². The molecule has 1 aromatic rings. The first-order valence-corrected chi connectivity index (χ1v) is 6.06. The quantitative estimate of drug-likeness (QED) is 0.805. The summed E-state index contributed by atoms with van der Waals surface area (Å²) >= 11 is 1.51. The maximum atomic E-state index is 11.5. The molecule has 1 aromatic heterocycles. The molecule has 16 heavy (non-hydrogen) atoms. The molecule has 2 unspecified atom stereocenters.